The highest BCUT2D eigenvalue weighted by Gasteiger charge is 2.45. The third-order valence-electron chi connectivity index (χ3n) is 6.24. The number of amides is 2. The molecule has 1 aromatic heterocycles. The molecule has 3 aromatic rings. The van der Waals surface area contributed by atoms with Gasteiger partial charge in [0.1, 0.15) is 5.69 Å². The van der Waals surface area contributed by atoms with E-state index in [1.54, 1.807) is 42.2 Å². The van der Waals surface area contributed by atoms with E-state index in [9.17, 15) is 9.59 Å². The topological polar surface area (TPSA) is 53.5 Å². The lowest BCUT2D eigenvalue weighted by Gasteiger charge is -2.43. The first-order chi connectivity index (χ1) is 15.5. The van der Waals surface area contributed by atoms with Gasteiger partial charge in [0.05, 0.1) is 5.41 Å². The third-order valence-corrected chi connectivity index (χ3v) is 6.24. The second kappa shape index (κ2) is 9.35. The highest BCUT2D eigenvalue weighted by atomic mass is 16.2. The van der Waals surface area contributed by atoms with Crippen LogP contribution in [0.25, 0.3) is 11.1 Å². The molecule has 0 saturated carbocycles. The van der Waals surface area contributed by atoms with E-state index in [4.69, 9.17) is 0 Å². The maximum absolute atomic E-state index is 13.5. The first-order valence-electron chi connectivity index (χ1n) is 11.1. The van der Waals surface area contributed by atoms with Gasteiger partial charge in [-0.05, 0) is 48.1 Å². The van der Waals surface area contributed by atoms with E-state index in [-0.39, 0.29) is 11.8 Å². The molecule has 1 aliphatic heterocycles. The summed E-state index contributed by atoms with van der Waals surface area (Å²) in [6.07, 6.45) is 3.75. The second-order valence-electron chi connectivity index (χ2n) is 8.73. The molecule has 0 N–H and O–H groups in total. The van der Waals surface area contributed by atoms with Gasteiger partial charge in [-0.2, -0.15) is 0 Å². The van der Waals surface area contributed by atoms with Gasteiger partial charge in [-0.15, -0.1) is 0 Å². The van der Waals surface area contributed by atoms with Crippen LogP contribution in [0.3, 0.4) is 0 Å². The molecule has 2 aromatic carbocycles. The lowest BCUT2D eigenvalue weighted by Crippen LogP contribution is -2.54. The fourth-order valence-electron chi connectivity index (χ4n) is 4.76. The van der Waals surface area contributed by atoms with Crippen molar-refractivity contribution < 1.29 is 9.59 Å². The molecule has 1 unspecified atom stereocenters. The first kappa shape index (κ1) is 21.8. The minimum Gasteiger partial charge on any atom is -0.348 e. The zero-order valence-electron chi connectivity index (χ0n) is 18.7. The molecule has 164 valence electrons. The van der Waals surface area contributed by atoms with Crippen molar-refractivity contribution in [1.82, 2.24) is 14.8 Å². The molecule has 1 atom stereocenters. The largest absolute Gasteiger partial charge is 0.348 e. The Hall–Kier alpha value is -3.47. The van der Waals surface area contributed by atoms with Gasteiger partial charge in [0, 0.05) is 33.4 Å². The Morgan fingerprint density at radius 1 is 0.969 bits per heavy atom. The number of benzene rings is 2. The zero-order valence-corrected chi connectivity index (χ0v) is 18.7. The van der Waals surface area contributed by atoms with Gasteiger partial charge >= 0.3 is 0 Å². The van der Waals surface area contributed by atoms with Crippen molar-refractivity contribution in [2.45, 2.75) is 19.3 Å². The SMILES string of the molecule is CN(C)C(=O)C1(Cc2ccccc2-c2ccccc2)CCCN(C(=O)c2ccccn2)C1. The van der Waals surface area contributed by atoms with E-state index in [1.807, 2.05) is 36.4 Å². The highest BCUT2D eigenvalue weighted by molar-refractivity contribution is 5.93. The van der Waals surface area contributed by atoms with Crippen LogP contribution in [0.2, 0.25) is 0 Å². The van der Waals surface area contributed by atoms with Crippen molar-refractivity contribution in [1.29, 1.82) is 0 Å². The van der Waals surface area contributed by atoms with E-state index >= 15 is 0 Å². The van der Waals surface area contributed by atoms with Crippen LogP contribution >= 0.6 is 0 Å². The molecule has 5 nitrogen and oxygen atoms in total. The number of hydrogen-bond acceptors (Lipinski definition) is 3. The summed E-state index contributed by atoms with van der Waals surface area (Å²) in [5.74, 6) is -0.0449. The molecule has 1 aliphatic rings. The Morgan fingerprint density at radius 2 is 1.69 bits per heavy atom. The molecule has 1 saturated heterocycles. The van der Waals surface area contributed by atoms with Crippen LogP contribution < -0.4 is 0 Å². The minimum absolute atomic E-state index is 0.0684. The zero-order chi connectivity index (χ0) is 22.6. The average molecular weight is 428 g/mol. The summed E-state index contributed by atoms with van der Waals surface area (Å²) >= 11 is 0. The average Bonchev–Trinajstić information content (AvgIpc) is 2.84. The molecular weight excluding hydrogens is 398 g/mol. The van der Waals surface area contributed by atoms with Crippen LogP contribution in [0, 0.1) is 5.41 Å². The Labute approximate surface area is 189 Å². The molecule has 4 rings (SSSR count). The van der Waals surface area contributed by atoms with Crippen molar-refractivity contribution >= 4 is 11.8 Å². The summed E-state index contributed by atoms with van der Waals surface area (Å²) in [6, 6.07) is 23.9. The summed E-state index contributed by atoms with van der Waals surface area (Å²) in [6.45, 7) is 1.03. The van der Waals surface area contributed by atoms with Crippen LogP contribution in [-0.4, -0.2) is 53.8 Å². The van der Waals surface area contributed by atoms with Crippen molar-refractivity contribution in [2.24, 2.45) is 5.41 Å². The number of likely N-dealkylation sites (tertiary alicyclic amines) is 1. The Balaban J connectivity index is 1.70. The van der Waals surface area contributed by atoms with Gasteiger partial charge in [0.2, 0.25) is 5.91 Å². The number of carbonyl (C=O) groups excluding carboxylic acids is 2. The molecule has 0 bridgehead atoms. The van der Waals surface area contributed by atoms with Gasteiger partial charge < -0.3 is 9.80 Å². The summed E-state index contributed by atoms with van der Waals surface area (Å²) in [4.78, 5) is 34.4. The number of rotatable bonds is 5. The molecule has 0 radical (unpaired) electrons. The minimum atomic E-state index is -0.670. The third kappa shape index (κ3) is 4.42. The summed E-state index contributed by atoms with van der Waals surface area (Å²) in [7, 11) is 3.60. The maximum atomic E-state index is 13.5. The molecule has 0 aliphatic carbocycles. The van der Waals surface area contributed by atoms with E-state index in [1.165, 1.54) is 0 Å². The van der Waals surface area contributed by atoms with Crippen LogP contribution in [0.5, 0.6) is 0 Å². The monoisotopic (exact) mass is 427 g/mol. The van der Waals surface area contributed by atoms with E-state index in [0.29, 0.717) is 25.2 Å². The van der Waals surface area contributed by atoms with Crippen LogP contribution in [0.4, 0.5) is 0 Å². The second-order valence-corrected chi connectivity index (χ2v) is 8.73. The van der Waals surface area contributed by atoms with Crippen LogP contribution in [0.1, 0.15) is 28.9 Å². The summed E-state index contributed by atoms with van der Waals surface area (Å²) in [5.41, 5.74) is 3.14. The normalized spacial score (nSPS) is 18.2. The van der Waals surface area contributed by atoms with Gasteiger partial charge in [0.15, 0.2) is 0 Å². The molecule has 5 heteroatoms. The predicted molar refractivity (Wildman–Crippen MR) is 126 cm³/mol. The lowest BCUT2D eigenvalue weighted by molar-refractivity contribution is -0.142. The first-order valence-corrected chi connectivity index (χ1v) is 11.1. The molecule has 2 heterocycles. The van der Waals surface area contributed by atoms with Gasteiger partial charge in [0.25, 0.3) is 5.91 Å². The number of piperidine rings is 1. The Kier molecular flexibility index (Phi) is 6.35. The Morgan fingerprint density at radius 3 is 2.41 bits per heavy atom. The van der Waals surface area contributed by atoms with Gasteiger partial charge in [-0.1, -0.05) is 60.7 Å². The highest BCUT2D eigenvalue weighted by Crippen LogP contribution is 2.38. The van der Waals surface area contributed by atoms with Gasteiger partial charge in [-0.25, -0.2) is 0 Å². The van der Waals surface area contributed by atoms with E-state index in [0.717, 1.165) is 29.5 Å². The molecule has 1 fully saturated rings. The van der Waals surface area contributed by atoms with Crippen molar-refractivity contribution in [3.05, 3.63) is 90.3 Å². The van der Waals surface area contributed by atoms with E-state index < -0.39 is 5.41 Å². The van der Waals surface area contributed by atoms with Crippen molar-refractivity contribution in [3.8, 4) is 11.1 Å². The summed E-state index contributed by atoms with van der Waals surface area (Å²) < 4.78 is 0. The standard InChI is InChI=1S/C27H29N3O2/c1-29(2)26(32)27(16-10-18-30(20-27)25(31)24-15-8-9-17-28-24)19-22-13-6-7-14-23(22)21-11-4-3-5-12-21/h3-9,11-15,17H,10,16,18-20H2,1-2H3. The van der Waals surface area contributed by atoms with Crippen LogP contribution in [0.15, 0.2) is 79.0 Å². The Bertz CT molecular complexity index is 1080. The predicted octanol–water partition coefficient (Wildman–Crippen LogP) is 4.30. The lowest BCUT2D eigenvalue weighted by atomic mass is 9.72. The number of nitrogens with zero attached hydrogens (tertiary/aromatic N) is 3. The van der Waals surface area contributed by atoms with Crippen molar-refractivity contribution in [2.75, 3.05) is 27.2 Å². The fraction of sp³-hybridized carbons (Fsp3) is 0.296. The number of pyridine rings is 1. The number of hydrogen-bond donors (Lipinski definition) is 0. The molecule has 32 heavy (non-hydrogen) atoms. The maximum Gasteiger partial charge on any atom is 0.272 e. The van der Waals surface area contributed by atoms with Crippen LogP contribution in [-0.2, 0) is 11.2 Å². The molecular formula is C27H29N3O2. The quantitative estimate of drug-likeness (QED) is 0.610. The van der Waals surface area contributed by atoms with E-state index in [2.05, 4.69) is 29.2 Å². The number of aromatic nitrogens is 1. The number of carbonyl (C=O) groups is 2. The van der Waals surface area contributed by atoms with Crippen molar-refractivity contribution in [3.63, 3.8) is 0 Å². The summed E-state index contributed by atoms with van der Waals surface area (Å²) in [5, 5.41) is 0. The molecule has 0 spiro atoms. The smallest absolute Gasteiger partial charge is 0.272 e. The van der Waals surface area contributed by atoms with Gasteiger partial charge in [-0.3, -0.25) is 14.6 Å². The molecule has 2 amide bonds. The fourth-order valence-corrected chi connectivity index (χ4v) is 4.76.